The molecule has 3 heteroatoms. The number of rotatable bonds is 6. The monoisotopic (exact) mass is 434 g/mol. The van der Waals surface area contributed by atoms with E-state index in [2.05, 4.69) is 103 Å². The Kier molecular flexibility index (Phi) is 6.10. The van der Waals surface area contributed by atoms with Crippen molar-refractivity contribution in [2.45, 2.75) is 65.3 Å². The van der Waals surface area contributed by atoms with E-state index in [1.807, 2.05) is 6.08 Å². The lowest BCUT2D eigenvalue weighted by Crippen LogP contribution is -2.54. The molecule has 1 nitrogen and oxygen atoms in total. The molecule has 3 rings (SSSR count). The number of aryl methyl sites for hydroxylation is 1. The Labute approximate surface area is 185 Å². The third kappa shape index (κ3) is 4.02. The van der Waals surface area contributed by atoms with Crippen LogP contribution in [0.25, 0.3) is 6.08 Å². The molecule has 0 radical (unpaired) electrons. The van der Waals surface area contributed by atoms with Gasteiger partial charge in [0.25, 0.3) is 0 Å². The molecule has 2 aromatic carbocycles. The lowest BCUT2D eigenvalue weighted by molar-refractivity contribution is 0.368. The van der Waals surface area contributed by atoms with E-state index >= 15 is 0 Å². The Morgan fingerprint density at radius 2 is 1.67 bits per heavy atom. The average molecular weight is 435 g/mol. The number of hydrogen-bond acceptors (Lipinski definition) is 1. The van der Waals surface area contributed by atoms with Crippen LogP contribution in [0.2, 0.25) is 31.2 Å². The standard InChI is InChI=1S/C27H38OSi2/c1-10-15-28-26-24(16-20(2)17-25(26)30(8,9)27(3,4)5)29(6,7)23-18-21-13-11-12-14-22(21)19-23/h10-14,16-18H,1,15,19H2,2-9H3. The van der Waals surface area contributed by atoms with Gasteiger partial charge in [-0.25, -0.2) is 0 Å². The molecule has 0 saturated heterocycles. The fraction of sp³-hybridized carbons (Fsp3) is 0.407. The van der Waals surface area contributed by atoms with Crippen molar-refractivity contribution in [2.24, 2.45) is 0 Å². The zero-order valence-corrected chi connectivity index (χ0v) is 22.1. The molecule has 0 bridgehead atoms. The van der Waals surface area contributed by atoms with Crippen molar-refractivity contribution in [1.82, 2.24) is 0 Å². The largest absolute Gasteiger partial charge is 0.490 e. The third-order valence-electron chi connectivity index (χ3n) is 7.37. The van der Waals surface area contributed by atoms with Gasteiger partial charge in [0.1, 0.15) is 20.4 Å². The predicted octanol–water partition coefficient (Wildman–Crippen LogP) is 6.37. The summed E-state index contributed by atoms with van der Waals surface area (Å²) in [5, 5.41) is 4.75. The zero-order valence-electron chi connectivity index (χ0n) is 20.1. The Morgan fingerprint density at radius 1 is 1.03 bits per heavy atom. The SMILES string of the molecule is C=CCOc1c([Si](C)(C)C2=Cc3ccccc3C2)cc(C)cc1[Si](C)(C)C(C)(C)C. The van der Waals surface area contributed by atoms with Crippen LogP contribution in [-0.4, -0.2) is 22.8 Å². The lowest BCUT2D eigenvalue weighted by Gasteiger charge is -2.40. The maximum Gasteiger partial charge on any atom is 0.118 e. The van der Waals surface area contributed by atoms with Crippen molar-refractivity contribution in [1.29, 1.82) is 0 Å². The minimum absolute atomic E-state index is 0.249. The van der Waals surface area contributed by atoms with Crippen LogP contribution in [0, 0.1) is 6.92 Å². The normalized spacial score (nSPS) is 14.3. The van der Waals surface area contributed by atoms with Crippen molar-refractivity contribution in [3.05, 3.63) is 70.9 Å². The number of fused-ring (bicyclic) bond motifs is 1. The van der Waals surface area contributed by atoms with Gasteiger partial charge >= 0.3 is 0 Å². The molecule has 0 spiro atoms. The molecule has 0 aliphatic heterocycles. The summed E-state index contributed by atoms with van der Waals surface area (Å²) < 4.78 is 6.50. The highest BCUT2D eigenvalue weighted by Gasteiger charge is 2.42. The first kappa shape index (κ1) is 22.8. The molecule has 0 amide bonds. The zero-order chi connectivity index (χ0) is 22.3. The molecule has 160 valence electrons. The second-order valence-corrected chi connectivity index (χ2v) is 20.6. The first-order chi connectivity index (χ1) is 13.9. The maximum absolute atomic E-state index is 6.50. The molecule has 1 aliphatic rings. The number of ether oxygens (including phenoxy) is 1. The van der Waals surface area contributed by atoms with E-state index in [1.54, 1.807) is 5.20 Å². The minimum Gasteiger partial charge on any atom is -0.490 e. The van der Waals surface area contributed by atoms with Gasteiger partial charge < -0.3 is 4.74 Å². The molecule has 2 aromatic rings. The van der Waals surface area contributed by atoms with Crippen molar-refractivity contribution in [3.63, 3.8) is 0 Å². The van der Waals surface area contributed by atoms with E-state index in [-0.39, 0.29) is 5.04 Å². The van der Waals surface area contributed by atoms with Gasteiger partial charge in [-0.1, -0.05) is 113 Å². The molecule has 0 aromatic heterocycles. The van der Waals surface area contributed by atoms with Crippen LogP contribution in [0.15, 0.2) is 54.2 Å². The maximum atomic E-state index is 6.50. The molecule has 0 N–H and O–H groups in total. The summed E-state index contributed by atoms with van der Waals surface area (Å²) in [5.74, 6) is 1.15. The molecule has 0 unspecified atom stereocenters. The topological polar surface area (TPSA) is 9.23 Å². The summed E-state index contributed by atoms with van der Waals surface area (Å²) in [4.78, 5) is 0. The molecule has 30 heavy (non-hydrogen) atoms. The van der Waals surface area contributed by atoms with Gasteiger partial charge in [0.2, 0.25) is 0 Å². The lowest BCUT2D eigenvalue weighted by atomic mass is 10.1. The molecule has 0 fully saturated rings. The Balaban J connectivity index is 2.20. The average Bonchev–Trinajstić information content (AvgIpc) is 3.10. The minimum atomic E-state index is -1.92. The van der Waals surface area contributed by atoms with Gasteiger partial charge in [0.05, 0.1) is 8.07 Å². The first-order valence-electron chi connectivity index (χ1n) is 11.1. The fourth-order valence-electron chi connectivity index (χ4n) is 4.26. The van der Waals surface area contributed by atoms with Crippen LogP contribution in [0.5, 0.6) is 5.75 Å². The van der Waals surface area contributed by atoms with E-state index in [0.717, 1.165) is 12.2 Å². The van der Waals surface area contributed by atoms with Crippen molar-refractivity contribution in [3.8, 4) is 5.75 Å². The van der Waals surface area contributed by atoms with Gasteiger partial charge in [-0.3, -0.25) is 0 Å². The van der Waals surface area contributed by atoms with Crippen LogP contribution in [0.1, 0.15) is 37.5 Å². The smallest absolute Gasteiger partial charge is 0.118 e. The molecule has 1 aliphatic carbocycles. The van der Waals surface area contributed by atoms with Gasteiger partial charge in [-0.15, -0.1) is 0 Å². The Bertz CT molecular complexity index is 990. The van der Waals surface area contributed by atoms with E-state index in [4.69, 9.17) is 4.74 Å². The highest BCUT2D eigenvalue weighted by Crippen LogP contribution is 2.38. The van der Waals surface area contributed by atoms with Crippen LogP contribution in [0.4, 0.5) is 0 Å². The fourth-order valence-corrected chi connectivity index (χ4v) is 9.41. The molecular weight excluding hydrogens is 396 g/mol. The summed E-state index contributed by atoms with van der Waals surface area (Å²) in [6.45, 7) is 23.9. The summed E-state index contributed by atoms with van der Waals surface area (Å²) in [5.41, 5.74) is 4.20. The van der Waals surface area contributed by atoms with Crippen LogP contribution < -0.4 is 15.1 Å². The summed E-state index contributed by atoms with van der Waals surface area (Å²) in [6, 6.07) is 13.6. The Hall–Kier alpha value is -1.85. The van der Waals surface area contributed by atoms with Crippen molar-refractivity contribution >= 4 is 32.6 Å². The van der Waals surface area contributed by atoms with Gasteiger partial charge in [0, 0.05) is 0 Å². The second-order valence-electron chi connectivity index (χ2n) is 10.8. The summed E-state index contributed by atoms with van der Waals surface area (Å²) >= 11 is 0. The summed E-state index contributed by atoms with van der Waals surface area (Å²) in [6.07, 6.45) is 5.39. The number of hydrogen-bond donors (Lipinski definition) is 0. The Morgan fingerprint density at radius 3 is 2.27 bits per heavy atom. The van der Waals surface area contributed by atoms with E-state index < -0.39 is 16.1 Å². The van der Waals surface area contributed by atoms with Gasteiger partial charge in [-0.2, -0.15) is 0 Å². The quantitative estimate of drug-likeness (QED) is 0.379. The number of benzene rings is 2. The van der Waals surface area contributed by atoms with Gasteiger partial charge in [-0.05, 0) is 39.9 Å². The molecule has 0 saturated carbocycles. The van der Waals surface area contributed by atoms with Crippen molar-refractivity contribution in [2.75, 3.05) is 6.61 Å². The van der Waals surface area contributed by atoms with Crippen molar-refractivity contribution < 1.29 is 4.74 Å². The second kappa shape index (κ2) is 8.01. The van der Waals surface area contributed by atoms with Crippen LogP contribution in [0.3, 0.4) is 0 Å². The summed E-state index contributed by atoms with van der Waals surface area (Å²) in [7, 11) is -3.69. The highest BCUT2D eigenvalue weighted by molar-refractivity contribution is 6.98. The number of allylic oxidation sites excluding steroid dienone is 1. The van der Waals surface area contributed by atoms with E-state index in [1.165, 1.54) is 27.1 Å². The van der Waals surface area contributed by atoms with Crippen LogP contribution in [-0.2, 0) is 6.42 Å². The first-order valence-corrected chi connectivity index (χ1v) is 17.1. The van der Waals surface area contributed by atoms with E-state index in [0.29, 0.717) is 6.61 Å². The predicted molar refractivity (Wildman–Crippen MR) is 139 cm³/mol. The highest BCUT2D eigenvalue weighted by atomic mass is 28.3. The third-order valence-corrected chi connectivity index (χ3v) is 16.5. The molecule has 0 atom stereocenters. The van der Waals surface area contributed by atoms with Crippen LogP contribution >= 0.6 is 0 Å². The molecule has 0 heterocycles. The van der Waals surface area contributed by atoms with Gasteiger partial charge in [0.15, 0.2) is 0 Å². The van der Waals surface area contributed by atoms with E-state index in [9.17, 15) is 0 Å². The molecular formula is C27H38OSi2.